The van der Waals surface area contributed by atoms with Gasteiger partial charge in [-0.05, 0) is 43.2 Å². The molecule has 0 spiro atoms. The molecule has 0 amide bonds. The van der Waals surface area contributed by atoms with E-state index in [4.69, 9.17) is 16.0 Å². The first-order chi connectivity index (χ1) is 9.93. The van der Waals surface area contributed by atoms with Crippen LogP contribution in [0.15, 0.2) is 34.7 Å². The molecule has 21 heavy (non-hydrogen) atoms. The second kappa shape index (κ2) is 5.39. The van der Waals surface area contributed by atoms with E-state index in [0.717, 1.165) is 17.9 Å². The molecule has 0 atom stereocenters. The number of halogens is 4. The molecule has 0 unspecified atom stereocenters. The molecule has 6 heteroatoms. The van der Waals surface area contributed by atoms with Crippen molar-refractivity contribution in [3.63, 3.8) is 0 Å². The molecule has 0 radical (unpaired) electrons. The lowest BCUT2D eigenvalue weighted by Gasteiger charge is -2.08. The molecule has 1 aromatic heterocycles. The molecule has 1 N–H and O–H groups in total. The van der Waals surface area contributed by atoms with Crippen molar-refractivity contribution < 1.29 is 17.6 Å². The average Bonchev–Trinajstić information content (AvgIpc) is 3.13. The first kappa shape index (κ1) is 14.5. The summed E-state index contributed by atoms with van der Waals surface area (Å²) >= 11 is 5.94. The fraction of sp³-hybridized carbons (Fsp3) is 0.333. The van der Waals surface area contributed by atoms with E-state index in [-0.39, 0.29) is 5.02 Å². The summed E-state index contributed by atoms with van der Waals surface area (Å²) in [6.07, 6.45) is -2.04. The first-order valence-corrected chi connectivity index (χ1v) is 7.00. The fourth-order valence-electron chi connectivity index (χ4n) is 2.04. The summed E-state index contributed by atoms with van der Waals surface area (Å²) in [7, 11) is 0. The summed E-state index contributed by atoms with van der Waals surface area (Å²) in [4.78, 5) is 0. The second-order valence-electron chi connectivity index (χ2n) is 5.11. The number of hydrogen-bond acceptors (Lipinski definition) is 2. The van der Waals surface area contributed by atoms with Gasteiger partial charge in [0.25, 0.3) is 0 Å². The summed E-state index contributed by atoms with van der Waals surface area (Å²) in [5.74, 6) is 1.22. The summed E-state index contributed by atoms with van der Waals surface area (Å²) in [6, 6.07) is 7.35. The number of furan rings is 1. The molecule has 0 saturated heterocycles. The minimum Gasteiger partial charge on any atom is -0.460 e. The van der Waals surface area contributed by atoms with Crippen molar-refractivity contribution in [1.29, 1.82) is 0 Å². The van der Waals surface area contributed by atoms with Crippen LogP contribution in [0.1, 0.15) is 24.2 Å². The van der Waals surface area contributed by atoms with Gasteiger partial charge in [-0.1, -0.05) is 11.6 Å². The molecule has 1 fully saturated rings. The van der Waals surface area contributed by atoms with E-state index < -0.39 is 11.7 Å². The molecule has 112 valence electrons. The van der Waals surface area contributed by atoms with Gasteiger partial charge >= 0.3 is 6.18 Å². The molecule has 1 aliphatic rings. The van der Waals surface area contributed by atoms with Crippen molar-refractivity contribution in [3.05, 3.63) is 46.7 Å². The highest BCUT2D eigenvalue weighted by Gasteiger charge is 2.31. The Morgan fingerprint density at radius 2 is 1.95 bits per heavy atom. The van der Waals surface area contributed by atoms with Crippen LogP contribution in [-0.4, -0.2) is 6.04 Å². The maximum Gasteiger partial charge on any atom is 0.416 e. The van der Waals surface area contributed by atoms with Crippen molar-refractivity contribution >= 4 is 11.6 Å². The standard InChI is InChI=1S/C15H13ClF3NO/c16-13-7-9(15(17,18)19)1-5-12(13)14-6-4-11(21-14)8-20-10-2-3-10/h1,4-7,10,20H,2-3,8H2. The van der Waals surface area contributed by atoms with Crippen LogP contribution < -0.4 is 5.32 Å². The van der Waals surface area contributed by atoms with Crippen molar-refractivity contribution in [1.82, 2.24) is 5.32 Å². The highest BCUT2D eigenvalue weighted by molar-refractivity contribution is 6.33. The van der Waals surface area contributed by atoms with E-state index in [9.17, 15) is 13.2 Å². The van der Waals surface area contributed by atoms with Gasteiger partial charge in [0.15, 0.2) is 0 Å². The van der Waals surface area contributed by atoms with E-state index in [1.165, 1.54) is 18.9 Å². The van der Waals surface area contributed by atoms with Gasteiger partial charge in [0.05, 0.1) is 17.1 Å². The van der Waals surface area contributed by atoms with Crippen LogP contribution in [0.4, 0.5) is 13.2 Å². The monoisotopic (exact) mass is 315 g/mol. The van der Waals surface area contributed by atoms with Crippen LogP contribution in [0.2, 0.25) is 5.02 Å². The van der Waals surface area contributed by atoms with Gasteiger partial charge in [-0.3, -0.25) is 0 Å². The Morgan fingerprint density at radius 3 is 2.57 bits per heavy atom. The average molecular weight is 316 g/mol. The maximum atomic E-state index is 12.6. The van der Waals surface area contributed by atoms with E-state index in [2.05, 4.69) is 5.32 Å². The minimum atomic E-state index is -4.40. The number of hydrogen-bond donors (Lipinski definition) is 1. The van der Waals surface area contributed by atoms with Gasteiger partial charge in [0.1, 0.15) is 11.5 Å². The molecular formula is C15H13ClF3NO. The minimum absolute atomic E-state index is 0.0286. The highest BCUT2D eigenvalue weighted by Crippen LogP contribution is 2.36. The molecule has 0 bridgehead atoms. The molecule has 2 nitrogen and oxygen atoms in total. The highest BCUT2D eigenvalue weighted by atomic mass is 35.5. The smallest absolute Gasteiger partial charge is 0.416 e. The normalized spacial score (nSPS) is 15.4. The summed E-state index contributed by atoms with van der Waals surface area (Å²) in [5.41, 5.74) is -0.305. The summed E-state index contributed by atoms with van der Waals surface area (Å²) < 4.78 is 43.4. The van der Waals surface area contributed by atoms with Crippen LogP contribution in [0.5, 0.6) is 0 Å². The zero-order valence-corrected chi connectivity index (χ0v) is 11.8. The van der Waals surface area contributed by atoms with E-state index in [1.54, 1.807) is 12.1 Å². The second-order valence-corrected chi connectivity index (χ2v) is 5.52. The van der Waals surface area contributed by atoms with Gasteiger partial charge in [-0.2, -0.15) is 13.2 Å². The molecular weight excluding hydrogens is 303 g/mol. The molecule has 3 rings (SSSR count). The third-order valence-corrected chi connectivity index (χ3v) is 3.68. The largest absolute Gasteiger partial charge is 0.460 e. The van der Waals surface area contributed by atoms with Gasteiger partial charge in [-0.15, -0.1) is 0 Å². The fourth-order valence-corrected chi connectivity index (χ4v) is 2.31. The summed E-state index contributed by atoms with van der Waals surface area (Å²) in [5, 5.41) is 3.33. The lowest BCUT2D eigenvalue weighted by molar-refractivity contribution is -0.137. The Hall–Kier alpha value is -1.46. The van der Waals surface area contributed by atoms with E-state index >= 15 is 0 Å². The van der Waals surface area contributed by atoms with E-state index in [0.29, 0.717) is 23.9 Å². The van der Waals surface area contributed by atoms with Gasteiger partial charge in [-0.25, -0.2) is 0 Å². The Labute approximate surface area is 124 Å². The lowest BCUT2D eigenvalue weighted by Crippen LogP contribution is -2.14. The quantitative estimate of drug-likeness (QED) is 0.870. The number of alkyl halides is 3. The molecule has 2 aromatic rings. The van der Waals surface area contributed by atoms with Crippen LogP contribution in [-0.2, 0) is 12.7 Å². The van der Waals surface area contributed by atoms with Crippen LogP contribution >= 0.6 is 11.6 Å². The van der Waals surface area contributed by atoms with Crippen LogP contribution in [0.25, 0.3) is 11.3 Å². The molecule has 1 aliphatic carbocycles. The van der Waals surface area contributed by atoms with Crippen molar-refractivity contribution in [2.24, 2.45) is 0 Å². The topological polar surface area (TPSA) is 25.2 Å². The molecule has 1 aromatic carbocycles. The molecule has 1 saturated carbocycles. The van der Waals surface area contributed by atoms with Crippen LogP contribution in [0, 0.1) is 0 Å². The Kier molecular flexibility index (Phi) is 3.71. The lowest BCUT2D eigenvalue weighted by atomic mass is 10.1. The molecule has 1 heterocycles. The SMILES string of the molecule is FC(F)(F)c1ccc(-c2ccc(CNC3CC3)o2)c(Cl)c1. The number of rotatable bonds is 4. The predicted molar refractivity (Wildman–Crippen MR) is 74.0 cm³/mol. The van der Waals surface area contributed by atoms with E-state index in [1.807, 2.05) is 0 Å². The third-order valence-electron chi connectivity index (χ3n) is 3.37. The number of nitrogens with one attached hydrogen (secondary N) is 1. The zero-order chi connectivity index (χ0) is 15.0. The Balaban J connectivity index is 1.79. The maximum absolute atomic E-state index is 12.6. The zero-order valence-electron chi connectivity index (χ0n) is 11.0. The van der Waals surface area contributed by atoms with Gasteiger partial charge in [0.2, 0.25) is 0 Å². The van der Waals surface area contributed by atoms with Crippen molar-refractivity contribution in [2.75, 3.05) is 0 Å². The first-order valence-electron chi connectivity index (χ1n) is 6.63. The summed E-state index contributed by atoms with van der Waals surface area (Å²) in [6.45, 7) is 0.614. The molecule has 0 aliphatic heterocycles. The third kappa shape index (κ3) is 3.41. The van der Waals surface area contributed by atoms with Crippen LogP contribution in [0.3, 0.4) is 0 Å². The Bertz CT molecular complexity index is 647. The van der Waals surface area contributed by atoms with Crippen molar-refractivity contribution in [2.45, 2.75) is 31.6 Å². The van der Waals surface area contributed by atoms with Gasteiger partial charge < -0.3 is 9.73 Å². The number of benzene rings is 1. The van der Waals surface area contributed by atoms with Gasteiger partial charge in [0, 0.05) is 11.6 Å². The predicted octanol–water partition coefficient (Wildman–Crippen LogP) is 4.87. The Morgan fingerprint density at radius 1 is 1.19 bits per heavy atom. The van der Waals surface area contributed by atoms with Crippen molar-refractivity contribution in [3.8, 4) is 11.3 Å².